The summed E-state index contributed by atoms with van der Waals surface area (Å²) in [5.74, 6) is -3.33. The van der Waals surface area contributed by atoms with Gasteiger partial charge in [0.1, 0.15) is 12.6 Å². The highest BCUT2D eigenvalue weighted by Crippen LogP contribution is 2.22. The average molecular weight is 508 g/mol. The third kappa shape index (κ3) is 7.00. The minimum absolute atomic E-state index is 0.0515. The molecule has 1 N–H and O–H groups in total. The fraction of sp³-hybridized carbons (Fsp3) is 0.440. The molecule has 2 aromatic carbocycles. The van der Waals surface area contributed by atoms with E-state index >= 15 is 0 Å². The zero-order valence-electron chi connectivity index (χ0n) is 20.1. The number of amides is 2. The van der Waals surface area contributed by atoms with Gasteiger partial charge in [-0.3, -0.25) is 13.9 Å². The van der Waals surface area contributed by atoms with Crippen molar-refractivity contribution in [1.29, 1.82) is 0 Å². The van der Waals surface area contributed by atoms with Crippen LogP contribution in [0.1, 0.15) is 43.7 Å². The standard InChI is InChI=1S/C25H31F2N3O4S/c1-17-7-6-8-19(13-17)15-29(18(2)25(32)28-20-9-4-5-10-20)24(31)16-30(35(3,33)34)21-11-12-22(26)23(27)14-21/h6-8,11-14,18,20H,4-5,9-10,15-16H2,1-3H3,(H,28,32)/t18-/m0/s1. The van der Waals surface area contributed by atoms with Crippen LogP contribution in [0, 0.1) is 18.6 Å². The first-order chi connectivity index (χ1) is 16.5. The van der Waals surface area contributed by atoms with E-state index in [-0.39, 0.29) is 24.2 Å². The number of anilines is 1. The van der Waals surface area contributed by atoms with Gasteiger partial charge in [-0.25, -0.2) is 17.2 Å². The van der Waals surface area contributed by atoms with Gasteiger partial charge in [0, 0.05) is 18.7 Å². The van der Waals surface area contributed by atoms with Gasteiger partial charge in [0.2, 0.25) is 21.8 Å². The highest BCUT2D eigenvalue weighted by atomic mass is 32.2. The summed E-state index contributed by atoms with van der Waals surface area (Å²) in [4.78, 5) is 27.8. The summed E-state index contributed by atoms with van der Waals surface area (Å²) in [6.07, 6.45) is 4.69. The average Bonchev–Trinajstić information content (AvgIpc) is 3.29. The Balaban J connectivity index is 1.89. The number of sulfonamides is 1. The summed E-state index contributed by atoms with van der Waals surface area (Å²) in [6, 6.07) is 9.23. The third-order valence-corrected chi connectivity index (χ3v) is 7.32. The topological polar surface area (TPSA) is 86.8 Å². The van der Waals surface area contributed by atoms with Crippen molar-refractivity contribution in [3.8, 4) is 0 Å². The van der Waals surface area contributed by atoms with E-state index in [1.807, 2.05) is 31.2 Å². The lowest BCUT2D eigenvalue weighted by Gasteiger charge is -2.32. The Morgan fingerprint density at radius 3 is 2.37 bits per heavy atom. The molecule has 35 heavy (non-hydrogen) atoms. The van der Waals surface area contributed by atoms with Crippen LogP contribution in [0.3, 0.4) is 0 Å². The Kier molecular flexibility index (Phi) is 8.47. The number of benzene rings is 2. The molecule has 0 radical (unpaired) electrons. The molecule has 1 fully saturated rings. The van der Waals surface area contributed by atoms with Crippen LogP contribution in [0.15, 0.2) is 42.5 Å². The fourth-order valence-electron chi connectivity index (χ4n) is 4.24. The smallest absolute Gasteiger partial charge is 0.244 e. The van der Waals surface area contributed by atoms with E-state index in [0.717, 1.165) is 61.3 Å². The van der Waals surface area contributed by atoms with Gasteiger partial charge in [0.15, 0.2) is 11.6 Å². The number of halogens is 2. The van der Waals surface area contributed by atoms with Gasteiger partial charge >= 0.3 is 0 Å². The van der Waals surface area contributed by atoms with E-state index in [1.54, 1.807) is 6.92 Å². The quantitative estimate of drug-likeness (QED) is 0.563. The number of aryl methyl sites for hydroxylation is 1. The van der Waals surface area contributed by atoms with Crippen molar-refractivity contribution in [2.75, 3.05) is 17.1 Å². The Bertz CT molecular complexity index is 1180. The first-order valence-electron chi connectivity index (χ1n) is 11.5. The van der Waals surface area contributed by atoms with Crippen LogP contribution in [0.4, 0.5) is 14.5 Å². The van der Waals surface area contributed by atoms with Crippen molar-refractivity contribution < 1.29 is 26.8 Å². The molecule has 7 nitrogen and oxygen atoms in total. The van der Waals surface area contributed by atoms with Crippen LogP contribution in [0.25, 0.3) is 0 Å². The molecular weight excluding hydrogens is 476 g/mol. The number of nitrogens with one attached hydrogen (secondary N) is 1. The SMILES string of the molecule is Cc1cccc(CN(C(=O)CN(c2ccc(F)c(F)c2)S(C)(=O)=O)[C@@H](C)C(=O)NC2CCCC2)c1. The molecule has 0 aromatic heterocycles. The van der Waals surface area contributed by atoms with E-state index in [2.05, 4.69) is 5.32 Å². The second kappa shape index (κ2) is 11.2. The maximum Gasteiger partial charge on any atom is 0.244 e. The summed E-state index contributed by atoms with van der Waals surface area (Å²) < 4.78 is 52.9. The Morgan fingerprint density at radius 1 is 1.09 bits per heavy atom. The molecule has 0 bridgehead atoms. The molecule has 0 spiro atoms. The van der Waals surface area contributed by atoms with Gasteiger partial charge in [-0.15, -0.1) is 0 Å². The summed E-state index contributed by atoms with van der Waals surface area (Å²) in [6.45, 7) is 2.91. The molecule has 1 saturated carbocycles. The van der Waals surface area contributed by atoms with Gasteiger partial charge in [-0.2, -0.15) is 0 Å². The molecule has 2 amide bonds. The maximum absolute atomic E-state index is 13.8. The molecule has 0 saturated heterocycles. The van der Waals surface area contributed by atoms with Gasteiger partial charge in [-0.1, -0.05) is 42.7 Å². The molecular formula is C25H31F2N3O4S. The molecule has 190 valence electrons. The van der Waals surface area contributed by atoms with E-state index in [4.69, 9.17) is 0 Å². The Labute approximate surface area is 205 Å². The first kappa shape index (κ1) is 26.6. The lowest BCUT2D eigenvalue weighted by atomic mass is 10.1. The lowest BCUT2D eigenvalue weighted by molar-refractivity contribution is -0.139. The van der Waals surface area contributed by atoms with Crippen LogP contribution in [0.5, 0.6) is 0 Å². The van der Waals surface area contributed by atoms with Crippen molar-refractivity contribution in [3.63, 3.8) is 0 Å². The molecule has 0 unspecified atom stereocenters. The number of carbonyl (C=O) groups is 2. The molecule has 0 aliphatic heterocycles. The number of nitrogens with zero attached hydrogens (tertiary/aromatic N) is 2. The van der Waals surface area contributed by atoms with Gasteiger partial charge in [0.05, 0.1) is 11.9 Å². The molecule has 3 rings (SSSR count). The zero-order chi connectivity index (χ0) is 25.8. The van der Waals surface area contributed by atoms with Crippen molar-refractivity contribution >= 4 is 27.5 Å². The van der Waals surface area contributed by atoms with Crippen LogP contribution in [-0.4, -0.2) is 50.0 Å². The van der Waals surface area contributed by atoms with Gasteiger partial charge < -0.3 is 10.2 Å². The lowest BCUT2D eigenvalue weighted by Crippen LogP contribution is -2.52. The Morgan fingerprint density at radius 2 is 1.77 bits per heavy atom. The predicted octanol–water partition coefficient (Wildman–Crippen LogP) is 3.52. The molecule has 1 aliphatic carbocycles. The second-order valence-electron chi connectivity index (χ2n) is 9.04. The van der Waals surface area contributed by atoms with Crippen molar-refractivity contribution in [2.24, 2.45) is 0 Å². The zero-order valence-corrected chi connectivity index (χ0v) is 20.9. The highest BCUT2D eigenvalue weighted by molar-refractivity contribution is 7.92. The van der Waals surface area contributed by atoms with E-state index in [9.17, 15) is 26.8 Å². The normalized spacial score (nSPS) is 15.0. The number of hydrogen-bond donors (Lipinski definition) is 1. The highest BCUT2D eigenvalue weighted by Gasteiger charge is 2.31. The van der Waals surface area contributed by atoms with Crippen molar-refractivity contribution in [2.45, 2.75) is 58.2 Å². The minimum Gasteiger partial charge on any atom is -0.352 e. The van der Waals surface area contributed by atoms with Crippen LogP contribution < -0.4 is 9.62 Å². The predicted molar refractivity (Wildman–Crippen MR) is 130 cm³/mol. The molecule has 2 aromatic rings. The summed E-state index contributed by atoms with van der Waals surface area (Å²) in [5, 5.41) is 2.98. The first-order valence-corrected chi connectivity index (χ1v) is 13.4. The molecule has 10 heteroatoms. The van der Waals surface area contributed by atoms with Gasteiger partial charge in [-0.05, 0) is 44.4 Å². The van der Waals surface area contributed by atoms with E-state index in [1.165, 1.54) is 4.90 Å². The number of hydrogen-bond acceptors (Lipinski definition) is 4. The minimum atomic E-state index is -4.02. The monoisotopic (exact) mass is 507 g/mol. The third-order valence-electron chi connectivity index (χ3n) is 6.17. The molecule has 1 atom stereocenters. The van der Waals surface area contributed by atoms with Gasteiger partial charge in [0.25, 0.3) is 0 Å². The van der Waals surface area contributed by atoms with Crippen LogP contribution in [0.2, 0.25) is 0 Å². The summed E-state index contributed by atoms with van der Waals surface area (Å²) in [5.41, 5.74) is 1.56. The molecule has 1 aliphatic rings. The summed E-state index contributed by atoms with van der Waals surface area (Å²) in [7, 11) is -4.02. The van der Waals surface area contributed by atoms with Crippen LogP contribution >= 0.6 is 0 Å². The van der Waals surface area contributed by atoms with Crippen molar-refractivity contribution in [1.82, 2.24) is 10.2 Å². The summed E-state index contributed by atoms with van der Waals surface area (Å²) >= 11 is 0. The van der Waals surface area contributed by atoms with E-state index in [0.29, 0.717) is 4.31 Å². The number of carbonyl (C=O) groups excluding carboxylic acids is 2. The molecule has 0 heterocycles. The van der Waals surface area contributed by atoms with E-state index < -0.39 is 40.2 Å². The second-order valence-corrected chi connectivity index (χ2v) is 11.0. The Hall–Kier alpha value is -3.01. The van der Waals surface area contributed by atoms with Crippen molar-refractivity contribution in [3.05, 3.63) is 65.2 Å². The largest absolute Gasteiger partial charge is 0.352 e. The van der Waals surface area contributed by atoms with Crippen LogP contribution in [-0.2, 0) is 26.2 Å². The number of rotatable bonds is 9. The fourth-order valence-corrected chi connectivity index (χ4v) is 5.08. The maximum atomic E-state index is 13.8.